The molecule has 0 radical (unpaired) electrons. The van der Waals surface area contributed by atoms with E-state index < -0.39 is 0 Å². The van der Waals surface area contributed by atoms with Crippen LogP contribution in [-0.2, 0) is 4.74 Å². The van der Waals surface area contributed by atoms with E-state index in [1.807, 2.05) is 0 Å². The standard InChI is InChI=1S/C13H26N2O/c1-3-14-12-5-4-7-15(10-12)13-6-8-16-11(2)9-13/h11-14H,3-10H2,1-2H3. The molecule has 0 aliphatic carbocycles. The Labute approximate surface area is 99.5 Å². The average Bonchev–Trinajstić information content (AvgIpc) is 2.30. The lowest BCUT2D eigenvalue weighted by molar-refractivity contribution is -0.0241. The molecule has 3 unspecified atom stereocenters. The summed E-state index contributed by atoms with van der Waals surface area (Å²) in [6.07, 6.45) is 5.60. The molecular weight excluding hydrogens is 200 g/mol. The zero-order valence-electron chi connectivity index (χ0n) is 10.7. The summed E-state index contributed by atoms with van der Waals surface area (Å²) >= 11 is 0. The van der Waals surface area contributed by atoms with Crippen LogP contribution in [0.1, 0.15) is 39.5 Å². The van der Waals surface area contributed by atoms with Gasteiger partial charge < -0.3 is 10.1 Å². The maximum Gasteiger partial charge on any atom is 0.0561 e. The van der Waals surface area contributed by atoms with Crippen molar-refractivity contribution in [3.05, 3.63) is 0 Å². The average molecular weight is 226 g/mol. The second-order valence-corrected chi connectivity index (χ2v) is 5.25. The fourth-order valence-corrected chi connectivity index (χ4v) is 3.10. The Bertz CT molecular complexity index is 208. The molecule has 3 heteroatoms. The molecule has 2 aliphatic rings. The van der Waals surface area contributed by atoms with Gasteiger partial charge in [-0.1, -0.05) is 6.92 Å². The Balaban J connectivity index is 1.83. The Morgan fingerprint density at radius 1 is 1.38 bits per heavy atom. The fraction of sp³-hybridized carbons (Fsp3) is 1.00. The predicted molar refractivity (Wildman–Crippen MR) is 66.7 cm³/mol. The third-order valence-electron chi connectivity index (χ3n) is 3.92. The lowest BCUT2D eigenvalue weighted by Crippen LogP contribution is -2.51. The zero-order valence-corrected chi connectivity index (χ0v) is 10.7. The van der Waals surface area contributed by atoms with Crippen LogP contribution in [0.25, 0.3) is 0 Å². The van der Waals surface area contributed by atoms with Crippen molar-refractivity contribution in [1.29, 1.82) is 0 Å². The van der Waals surface area contributed by atoms with E-state index in [1.165, 1.54) is 38.8 Å². The minimum Gasteiger partial charge on any atom is -0.378 e. The third-order valence-corrected chi connectivity index (χ3v) is 3.92. The van der Waals surface area contributed by atoms with Crippen LogP contribution in [0.3, 0.4) is 0 Å². The van der Waals surface area contributed by atoms with Gasteiger partial charge in [0, 0.05) is 25.2 Å². The Hall–Kier alpha value is -0.120. The first-order chi connectivity index (χ1) is 7.79. The largest absolute Gasteiger partial charge is 0.378 e. The number of ether oxygens (including phenoxy) is 1. The van der Waals surface area contributed by atoms with Gasteiger partial charge in [0.25, 0.3) is 0 Å². The molecule has 1 N–H and O–H groups in total. The first kappa shape index (κ1) is 12.3. The van der Waals surface area contributed by atoms with Gasteiger partial charge in [0.1, 0.15) is 0 Å². The van der Waals surface area contributed by atoms with E-state index in [0.29, 0.717) is 6.10 Å². The van der Waals surface area contributed by atoms with Crippen LogP contribution >= 0.6 is 0 Å². The van der Waals surface area contributed by atoms with Gasteiger partial charge in [-0.25, -0.2) is 0 Å². The molecule has 2 heterocycles. The van der Waals surface area contributed by atoms with E-state index in [4.69, 9.17) is 4.74 Å². The molecule has 16 heavy (non-hydrogen) atoms. The molecule has 0 saturated carbocycles. The first-order valence-corrected chi connectivity index (χ1v) is 6.88. The van der Waals surface area contributed by atoms with E-state index in [9.17, 15) is 0 Å². The normalized spacial score (nSPS) is 37.5. The molecule has 2 rings (SSSR count). The van der Waals surface area contributed by atoms with Gasteiger partial charge in [0.05, 0.1) is 6.10 Å². The molecule has 0 aromatic carbocycles. The summed E-state index contributed by atoms with van der Waals surface area (Å²) < 4.78 is 5.63. The highest BCUT2D eigenvalue weighted by Gasteiger charge is 2.28. The first-order valence-electron chi connectivity index (χ1n) is 6.88. The van der Waals surface area contributed by atoms with Gasteiger partial charge in [-0.05, 0) is 45.7 Å². The lowest BCUT2D eigenvalue weighted by atomic mass is 9.97. The van der Waals surface area contributed by atoms with Gasteiger partial charge in [0.15, 0.2) is 0 Å². The van der Waals surface area contributed by atoms with E-state index in [2.05, 4.69) is 24.1 Å². The Morgan fingerprint density at radius 2 is 2.25 bits per heavy atom. The summed E-state index contributed by atoms with van der Waals surface area (Å²) in [6, 6.07) is 1.49. The van der Waals surface area contributed by atoms with Crippen LogP contribution in [0.4, 0.5) is 0 Å². The second-order valence-electron chi connectivity index (χ2n) is 5.25. The molecule has 0 amide bonds. The van der Waals surface area contributed by atoms with Crippen molar-refractivity contribution < 1.29 is 4.74 Å². The molecular formula is C13H26N2O. The highest BCUT2D eigenvalue weighted by Crippen LogP contribution is 2.22. The highest BCUT2D eigenvalue weighted by atomic mass is 16.5. The molecule has 3 atom stereocenters. The van der Waals surface area contributed by atoms with E-state index in [1.54, 1.807) is 0 Å². The number of hydrogen-bond acceptors (Lipinski definition) is 3. The number of piperidine rings is 1. The highest BCUT2D eigenvalue weighted by molar-refractivity contribution is 4.85. The number of likely N-dealkylation sites (N-methyl/N-ethyl adjacent to an activating group) is 1. The zero-order chi connectivity index (χ0) is 11.4. The van der Waals surface area contributed by atoms with E-state index in [0.717, 1.165) is 25.2 Å². The van der Waals surface area contributed by atoms with Crippen LogP contribution in [0.2, 0.25) is 0 Å². The fourth-order valence-electron chi connectivity index (χ4n) is 3.10. The van der Waals surface area contributed by atoms with Crippen LogP contribution in [0.15, 0.2) is 0 Å². The Kier molecular flexibility index (Phi) is 4.62. The topological polar surface area (TPSA) is 24.5 Å². The lowest BCUT2D eigenvalue weighted by Gasteiger charge is -2.41. The summed E-state index contributed by atoms with van der Waals surface area (Å²) in [5.74, 6) is 0. The van der Waals surface area contributed by atoms with E-state index >= 15 is 0 Å². The van der Waals surface area contributed by atoms with Crippen molar-refractivity contribution in [1.82, 2.24) is 10.2 Å². The van der Waals surface area contributed by atoms with Gasteiger partial charge in [-0.15, -0.1) is 0 Å². The van der Waals surface area contributed by atoms with Crippen LogP contribution in [0, 0.1) is 0 Å². The minimum absolute atomic E-state index is 0.457. The summed E-state index contributed by atoms with van der Waals surface area (Å²) in [5.41, 5.74) is 0. The van der Waals surface area contributed by atoms with Gasteiger partial charge in [0.2, 0.25) is 0 Å². The monoisotopic (exact) mass is 226 g/mol. The smallest absolute Gasteiger partial charge is 0.0561 e. The maximum absolute atomic E-state index is 5.63. The molecule has 0 bridgehead atoms. The molecule has 94 valence electrons. The molecule has 2 aliphatic heterocycles. The molecule has 0 aromatic heterocycles. The molecule has 0 aromatic rings. The SMILES string of the molecule is CCNC1CCCN(C2CCOC(C)C2)C1. The number of rotatable bonds is 3. The molecule has 3 nitrogen and oxygen atoms in total. The number of likely N-dealkylation sites (tertiary alicyclic amines) is 1. The van der Waals surface area contributed by atoms with Crippen molar-refractivity contribution in [2.45, 2.75) is 57.7 Å². The van der Waals surface area contributed by atoms with Gasteiger partial charge in [-0.2, -0.15) is 0 Å². The van der Waals surface area contributed by atoms with E-state index in [-0.39, 0.29) is 0 Å². The minimum atomic E-state index is 0.457. The number of nitrogens with one attached hydrogen (secondary N) is 1. The van der Waals surface area contributed by atoms with Crippen molar-refractivity contribution in [2.75, 3.05) is 26.2 Å². The quantitative estimate of drug-likeness (QED) is 0.791. The molecule has 0 spiro atoms. The summed E-state index contributed by atoms with van der Waals surface area (Å²) in [4.78, 5) is 2.69. The summed E-state index contributed by atoms with van der Waals surface area (Å²) in [5, 5.41) is 3.59. The van der Waals surface area contributed by atoms with Crippen LogP contribution in [-0.4, -0.2) is 49.3 Å². The predicted octanol–water partition coefficient (Wildman–Crippen LogP) is 1.63. The maximum atomic E-state index is 5.63. The number of hydrogen-bond donors (Lipinski definition) is 1. The Morgan fingerprint density at radius 3 is 3.00 bits per heavy atom. The number of nitrogens with zero attached hydrogens (tertiary/aromatic N) is 1. The molecule has 2 saturated heterocycles. The van der Waals surface area contributed by atoms with Gasteiger partial charge >= 0.3 is 0 Å². The van der Waals surface area contributed by atoms with Crippen molar-refractivity contribution in [3.8, 4) is 0 Å². The van der Waals surface area contributed by atoms with Crippen molar-refractivity contribution in [2.24, 2.45) is 0 Å². The summed E-state index contributed by atoms with van der Waals surface area (Å²) in [7, 11) is 0. The van der Waals surface area contributed by atoms with Gasteiger partial charge in [-0.3, -0.25) is 4.90 Å². The van der Waals surface area contributed by atoms with Crippen LogP contribution in [0.5, 0.6) is 0 Å². The van der Waals surface area contributed by atoms with Crippen molar-refractivity contribution in [3.63, 3.8) is 0 Å². The van der Waals surface area contributed by atoms with Crippen LogP contribution < -0.4 is 5.32 Å². The second kappa shape index (κ2) is 5.99. The van der Waals surface area contributed by atoms with Crippen molar-refractivity contribution >= 4 is 0 Å². The third kappa shape index (κ3) is 3.19. The molecule has 2 fully saturated rings. The summed E-state index contributed by atoms with van der Waals surface area (Å²) in [6.45, 7) is 8.99.